The third-order valence-corrected chi connectivity index (χ3v) is 4.68. The molecule has 1 aromatic rings. The van der Waals surface area contributed by atoms with Gasteiger partial charge in [0.1, 0.15) is 5.75 Å². The number of morpholine rings is 1. The summed E-state index contributed by atoms with van der Waals surface area (Å²) in [6, 6.07) is 7.42. The molecular formula is C19H31F2IN4O2. The van der Waals surface area contributed by atoms with Gasteiger partial charge in [-0.25, -0.2) is 0 Å². The SMILES string of the molecule is CN=C(NCC(C)N1CCOCC1C)N(C)Cc1ccc(OC(F)F)cc1.I. The first-order valence-electron chi connectivity index (χ1n) is 9.19. The maximum atomic E-state index is 12.2. The number of alkyl halides is 2. The van der Waals surface area contributed by atoms with Crippen LogP contribution < -0.4 is 10.1 Å². The van der Waals surface area contributed by atoms with Crippen molar-refractivity contribution in [2.24, 2.45) is 4.99 Å². The van der Waals surface area contributed by atoms with Crippen LogP contribution in [-0.4, -0.2) is 74.9 Å². The summed E-state index contributed by atoms with van der Waals surface area (Å²) >= 11 is 0. The molecular weight excluding hydrogens is 481 g/mol. The molecule has 160 valence electrons. The van der Waals surface area contributed by atoms with E-state index in [0.29, 0.717) is 18.6 Å². The predicted octanol–water partition coefficient (Wildman–Crippen LogP) is 3.02. The molecule has 2 rings (SSSR count). The van der Waals surface area contributed by atoms with Crippen molar-refractivity contribution in [3.8, 4) is 5.75 Å². The lowest BCUT2D eigenvalue weighted by molar-refractivity contribution is -0.0498. The number of hydrogen-bond donors (Lipinski definition) is 1. The molecule has 28 heavy (non-hydrogen) atoms. The maximum absolute atomic E-state index is 12.2. The minimum Gasteiger partial charge on any atom is -0.435 e. The lowest BCUT2D eigenvalue weighted by Gasteiger charge is -2.38. The van der Waals surface area contributed by atoms with Crippen molar-refractivity contribution < 1.29 is 18.3 Å². The highest BCUT2D eigenvalue weighted by molar-refractivity contribution is 14.0. The Morgan fingerprint density at radius 3 is 2.64 bits per heavy atom. The van der Waals surface area contributed by atoms with Gasteiger partial charge in [0.15, 0.2) is 5.96 Å². The number of halogens is 3. The fraction of sp³-hybridized carbons (Fsp3) is 0.632. The average Bonchev–Trinajstić information content (AvgIpc) is 2.63. The number of hydrogen-bond acceptors (Lipinski definition) is 4. The number of benzene rings is 1. The van der Waals surface area contributed by atoms with Crippen LogP contribution in [0.4, 0.5) is 8.78 Å². The molecule has 1 heterocycles. The predicted molar refractivity (Wildman–Crippen MR) is 118 cm³/mol. The van der Waals surface area contributed by atoms with Crippen LogP contribution in [0, 0.1) is 0 Å². The van der Waals surface area contributed by atoms with Crippen LogP contribution in [0.25, 0.3) is 0 Å². The first-order chi connectivity index (χ1) is 12.9. The summed E-state index contributed by atoms with van der Waals surface area (Å²) in [5, 5.41) is 3.41. The van der Waals surface area contributed by atoms with E-state index in [9.17, 15) is 8.78 Å². The van der Waals surface area contributed by atoms with E-state index >= 15 is 0 Å². The lowest BCUT2D eigenvalue weighted by Crippen LogP contribution is -2.53. The minimum atomic E-state index is -2.81. The zero-order valence-corrected chi connectivity index (χ0v) is 19.2. The summed E-state index contributed by atoms with van der Waals surface area (Å²) < 4.78 is 34.3. The second-order valence-corrected chi connectivity index (χ2v) is 6.82. The molecule has 0 saturated carbocycles. The lowest BCUT2D eigenvalue weighted by atomic mass is 10.2. The summed E-state index contributed by atoms with van der Waals surface area (Å²) in [6.45, 7) is 5.43. The first-order valence-corrected chi connectivity index (χ1v) is 9.19. The molecule has 0 radical (unpaired) electrons. The number of ether oxygens (including phenoxy) is 2. The third-order valence-electron chi connectivity index (χ3n) is 4.68. The quantitative estimate of drug-likeness (QED) is 0.346. The van der Waals surface area contributed by atoms with Crippen LogP contribution in [0.15, 0.2) is 29.3 Å². The first kappa shape index (κ1) is 24.8. The molecule has 0 bridgehead atoms. The Balaban J connectivity index is 0.00000392. The van der Waals surface area contributed by atoms with E-state index in [1.807, 2.05) is 11.9 Å². The second kappa shape index (κ2) is 12.4. The molecule has 1 aliphatic rings. The molecule has 1 N–H and O–H groups in total. The topological polar surface area (TPSA) is 49.3 Å². The molecule has 1 aliphatic heterocycles. The number of nitrogens with zero attached hydrogens (tertiary/aromatic N) is 3. The Kier molecular flexibility index (Phi) is 11.0. The average molecular weight is 512 g/mol. The fourth-order valence-electron chi connectivity index (χ4n) is 3.26. The Bertz CT molecular complexity index is 604. The maximum Gasteiger partial charge on any atom is 0.387 e. The zero-order valence-electron chi connectivity index (χ0n) is 16.9. The molecule has 2 unspecified atom stereocenters. The zero-order chi connectivity index (χ0) is 19.8. The highest BCUT2D eigenvalue weighted by Crippen LogP contribution is 2.16. The van der Waals surface area contributed by atoms with E-state index in [4.69, 9.17) is 4.74 Å². The minimum absolute atomic E-state index is 0. The van der Waals surface area contributed by atoms with Gasteiger partial charge in [0, 0.05) is 45.8 Å². The molecule has 0 amide bonds. The van der Waals surface area contributed by atoms with Crippen molar-refractivity contribution in [1.29, 1.82) is 0 Å². The van der Waals surface area contributed by atoms with Crippen LogP contribution in [0.1, 0.15) is 19.4 Å². The van der Waals surface area contributed by atoms with Crippen molar-refractivity contribution in [3.63, 3.8) is 0 Å². The summed E-state index contributed by atoms with van der Waals surface area (Å²) in [4.78, 5) is 8.78. The number of aliphatic imine (C=N–C) groups is 1. The Labute approximate surface area is 183 Å². The van der Waals surface area contributed by atoms with Gasteiger partial charge in [0.2, 0.25) is 0 Å². The molecule has 2 atom stereocenters. The van der Waals surface area contributed by atoms with E-state index < -0.39 is 6.61 Å². The van der Waals surface area contributed by atoms with Gasteiger partial charge in [-0.3, -0.25) is 9.89 Å². The summed E-state index contributed by atoms with van der Waals surface area (Å²) in [5.41, 5.74) is 0.983. The molecule has 6 nitrogen and oxygen atoms in total. The van der Waals surface area contributed by atoms with Crippen LogP contribution in [0.2, 0.25) is 0 Å². The van der Waals surface area contributed by atoms with E-state index in [-0.39, 0.29) is 29.7 Å². The van der Waals surface area contributed by atoms with Gasteiger partial charge in [-0.2, -0.15) is 8.78 Å². The molecule has 1 saturated heterocycles. The van der Waals surface area contributed by atoms with Gasteiger partial charge in [-0.05, 0) is 31.5 Å². The summed E-state index contributed by atoms with van der Waals surface area (Å²) in [5.74, 6) is 0.947. The Morgan fingerprint density at radius 1 is 1.39 bits per heavy atom. The smallest absolute Gasteiger partial charge is 0.387 e. The van der Waals surface area contributed by atoms with E-state index in [0.717, 1.165) is 37.8 Å². The van der Waals surface area contributed by atoms with E-state index in [2.05, 4.69) is 33.8 Å². The molecule has 1 aromatic carbocycles. The monoisotopic (exact) mass is 512 g/mol. The van der Waals surface area contributed by atoms with Gasteiger partial charge in [-0.1, -0.05) is 12.1 Å². The molecule has 9 heteroatoms. The van der Waals surface area contributed by atoms with E-state index in [1.165, 1.54) is 0 Å². The summed E-state index contributed by atoms with van der Waals surface area (Å²) in [7, 11) is 3.70. The van der Waals surface area contributed by atoms with Crippen molar-refractivity contribution in [2.45, 2.75) is 39.1 Å². The molecule has 0 spiro atoms. The Morgan fingerprint density at radius 2 is 2.07 bits per heavy atom. The highest BCUT2D eigenvalue weighted by atomic mass is 127. The van der Waals surface area contributed by atoms with Gasteiger partial charge in [0.05, 0.1) is 13.2 Å². The molecule has 0 aliphatic carbocycles. The van der Waals surface area contributed by atoms with Gasteiger partial charge in [-0.15, -0.1) is 24.0 Å². The highest BCUT2D eigenvalue weighted by Gasteiger charge is 2.23. The van der Waals surface area contributed by atoms with E-state index in [1.54, 1.807) is 31.3 Å². The number of rotatable bonds is 7. The number of nitrogens with one attached hydrogen (secondary N) is 1. The van der Waals surface area contributed by atoms with Crippen LogP contribution in [-0.2, 0) is 11.3 Å². The van der Waals surface area contributed by atoms with Gasteiger partial charge in [0.25, 0.3) is 0 Å². The second-order valence-electron chi connectivity index (χ2n) is 6.82. The van der Waals surface area contributed by atoms with Crippen LogP contribution in [0.3, 0.4) is 0 Å². The van der Waals surface area contributed by atoms with Gasteiger partial charge >= 0.3 is 6.61 Å². The number of guanidine groups is 1. The van der Waals surface area contributed by atoms with Crippen LogP contribution >= 0.6 is 24.0 Å². The molecule has 1 fully saturated rings. The van der Waals surface area contributed by atoms with Crippen molar-refractivity contribution in [2.75, 3.05) is 40.4 Å². The Hall–Kier alpha value is -1.20. The largest absolute Gasteiger partial charge is 0.435 e. The van der Waals surface area contributed by atoms with Crippen molar-refractivity contribution in [3.05, 3.63) is 29.8 Å². The normalized spacial score (nSPS) is 19.1. The fourth-order valence-corrected chi connectivity index (χ4v) is 3.26. The van der Waals surface area contributed by atoms with Crippen LogP contribution in [0.5, 0.6) is 5.75 Å². The third kappa shape index (κ3) is 7.67. The van der Waals surface area contributed by atoms with Gasteiger partial charge < -0.3 is 19.7 Å². The van der Waals surface area contributed by atoms with Crippen molar-refractivity contribution in [1.82, 2.24) is 15.1 Å². The molecule has 0 aromatic heterocycles. The summed E-state index contributed by atoms with van der Waals surface area (Å²) in [6.07, 6.45) is 0. The standard InChI is InChI=1S/C19H30F2N4O2.HI/c1-14(25-9-10-26-13-15(25)2)11-23-19(22-3)24(4)12-16-5-7-17(8-6-16)27-18(20)21;/h5-8,14-15,18H,9-13H2,1-4H3,(H,22,23);1H. The van der Waals surface area contributed by atoms with Crippen molar-refractivity contribution >= 4 is 29.9 Å².